The van der Waals surface area contributed by atoms with E-state index in [4.69, 9.17) is 34.8 Å². The highest BCUT2D eigenvalue weighted by Gasteiger charge is 2.21. The van der Waals surface area contributed by atoms with E-state index in [9.17, 15) is 14.7 Å². The fraction of sp³-hybridized carbons (Fsp3) is 0.250. The first-order chi connectivity index (χ1) is 14.2. The summed E-state index contributed by atoms with van der Waals surface area (Å²) in [6.45, 7) is 3.30. The van der Waals surface area contributed by atoms with E-state index in [0.29, 0.717) is 31.8 Å². The molecule has 0 spiro atoms. The number of anilines is 1. The summed E-state index contributed by atoms with van der Waals surface area (Å²) < 4.78 is 1.36. The number of aromatic nitrogens is 2. The summed E-state index contributed by atoms with van der Waals surface area (Å²) in [4.78, 5) is 30.2. The zero-order valence-corrected chi connectivity index (χ0v) is 19.1. The van der Waals surface area contributed by atoms with Crippen molar-refractivity contribution in [3.63, 3.8) is 0 Å². The number of carbonyl (C=O) groups is 1. The van der Waals surface area contributed by atoms with Crippen LogP contribution in [-0.4, -0.2) is 31.9 Å². The van der Waals surface area contributed by atoms with E-state index in [0.717, 1.165) is 11.8 Å². The fourth-order valence-corrected chi connectivity index (χ4v) is 4.17. The molecule has 158 valence electrons. The number of hydrogen-bond donors (Lipinski definition) is 2. The van der Waals surface area contributed by atoms with Gasteiger partial charge in [0.2, 0.25) is 5.91 Å². The standard InChI is InChI=1S/C20H18Cl3N3O3S/c1-10(27)9-26-19(29)13-7-6-12(21)8-16(13)25-20(26)30-11(2)18(28)24-15-5-3-4-14(22)17(15)23/h3-8,10-11,27H,9H2,1-2H3,(H,24,28)/t10-,11+/m1/s1. The van der Waals surface area contributed by atoms with Crippen LogP contribution in [0.3, 0.4) is 0 Å². The lowest BCUT2D eigenvalue weighted by Gasteiger charge is -2.17. The summed E-state index contributed by atoms with van der Waals surface area (Å²) in [5.41, 5.74) is 0.495. The predicted octanol–water partition coefficient (Wildman–Crippen LogP) is 4.86. The smallest absolute Gasteiger partial charge is 0.262 e. The molecule has 6 nitrogen and oxygen atoms in total. The number of halogens is 3. The van der Waals surface area contributed by atoms with Gasteiger partial charge in [0.1, 0.15) is 0 Å². The number of aliphatic hydroxyl groups is 1. The van der Waals surface area contributed by atoms with Crippen LogP contribution >= 0.6 is 46.6 Å². The van der Waals surface area contributed by atoms with Crippen LogP contribution in [0, 0.1) is 0 Å². The molecule has 0 unspecified atom stereocenters. The molecule has 30 heavy (non-hydrogen) atoms. The van der Waals surface area contributed by atoms with Crippen molar-refractivity contribution in [3.05, 3.63) is 61.8 Å². The molecule has 1 amide bonds. The molecule has 0 aliphatic heterocycles. The zero-order valence-electron chi connectivity index (χ0n) is 16.0. The van der Waals surface area contributed by atoms with Crippen molar-refractivity contribution in [1.82, 2.24) is 9.55 Å². The molecule has 2 N–H and O–H groups in total. The van der Waals surface area contributed by atoms with Gasteiger partial charge in [-0.15, -0.1) is 0 Å². The molecule has 3 rings (SSSR count). The summed E-state index contributed by atoms with van der Waals surface area (Å²) >= 11 is 19.3. The maximum absolute atomic E-state index is 12.9. The van der Waals surface area contributed by atoms with Crippen LogP contribution in [0.1, 0.15) is 13.8 Å². The van der Waals surface area contributed by atoms with E-state index < -0.39 is 11.4 Å². The van der Waals surface area contributed by atoms with Crippen molar-refractivity contribution in [2.75, 3.05) is 5.32 Å². The second-order valence-electron chi connectivity index (χ2n) is 6.67. The van der Waals surface area contributed by atoms with E-state index >= 15 is 0 Å². The highest BCUT2D eigenvalue weighted by molar-refractivity contribution is 8.00. The van der Waals surface area contributed by atoms with Crippen LogP contribution in [0.25, 0.3) is 10.9 Å². The van der Waals surface area contributed by atoms with Crippen molar-refractivity contribution in [3.8, 4) is 0 Å². The lowest BCUT2D eigenvalue weighted by atomic mass is 10.2. The van der Waals surface area contributed by atoms with Crippen LogP contribution in [0.15, 0.2) is 46.3 Å². The third-order valence-electron chi connectivity index (χ3n) is 4.19. The molecule has 0 aliphatic rings. The minimum absolute atomic E-state index is 0.0429. The Morgan fingerprint density at radius 3 is 2.67 bits per heavy atom. The van der Waals surface area contributed by atoms with Crippen LogP contribution in [-0.2, 0) is 11.3 Å². The minimum Gasteiger partial charge on any atom is -0.392 e. The Bertz CT molecular complexity index is 1170. The number of nitrogens with zero attached hydrogens (tertiary/aromatic N) is 2. The lowest BCUT2D eigenvalue weighted by Crippen LogP contribution is -2.29. The number of aliphatic hydroxyl groups excluding tert-OH is 1. The highest BCUT2D eigenvalue weighted by atomic mass is 35.5. The van der Waals surface area contributed by atoms with Crippen LogP contribution < -0.4 is 10.9 Å². The normalized spacial score (nSPS) is 13.3. The van der Waals surface area contributed by atoms with Crippen molar-refractivity contribution < 1.29 is 9.90 Å². The molecular weight excluding hydrogens is 469 g/mol. The minimum atomic E-state index is -0.775. The van der Waals surface area contributed by atoms with Gasteiger partial charge >= 0.3 is 0 Å². The number of nitrogens with one attached hydrogen (secondary N) is 1. The number of amides is 1. The molecule has 0 saturated carbocycles. The molecule has 0 aliphatic carbocycles. The Hall–Kier alpha value is -1.77. The summed E-state index contributed by atoms with van der Waals surface area (Å²) in [5, 5.41) is 13.6. The van der Waals surface area contributed by atoms with Crippen LogP contribution in [0.2, 0.25) is 15.1 Å². The van der Waals surface area contributed by atoms with Crippen molar-refractivity contribution in [2.24, 2.45) is 0 Å². The van der Waals surface area contributed by atoms with Crippen LogP contribution in [0.4, 0.5) is 5.69 Å². The Morgan fingerprint density at radius 1 is 1.23 bits per heavy atom. The Kier molecular flexibility index (Phi) is 7.31. The topological polar surface area (TPSA) is 84.2 Å². The molecule has 0 fully saturated rings. The summed E-state index contributed by atoms with van der Waals surface area (Å²) in [5.74, 6) is -0.340. The average molecular weight is 487 g/mol. The monoisotopic (exact) mass is 485 g/mol. The molecule has 2 atom stereocenters. The Labute approximate surface area is 192 Å². The van der Waals surface area contributed by atoms with Gasteiger partial charge in [0.15, 0.2) is 5.16 Å². The van der Waals surface area contributed by atoms with Gasteiger partial charge in [-0.3, -0.25) is 14.2 Å². The first-order valence-corrected chi connectivity index (χ1v) is 11.0. The van der Waals surface area contributed by atoms with E-state index in [-0.39, 0.29) is 23.0 Å². The SMILES string of the molecule is C[C@H](Sc1nc2cc(Cl)ccc2c(=O)n1C[C@@H](C)O)C(=O)Nc1cccc(Cl)c1Cl. The van der Waals surface area contributed by atoms with Gasteiger partial charge in [-0.2, -0.15) is 0 Å². The molecule has 1 heterocycles. The van der Waals surface area contributed by atoms with Gasteiger partial charge in [0.25, 0.3) is 5.56 Å². The van der Waals surface area contributed by atoms with Crippen molar-refractivity contribution in [2.45, 2.75) is 36.9 Å². The Balaban J connectivity index is 1.93. The molecule has 0 radical (unpaired) electrons. The zero-order chi connectivity index (χ0) is 22.0. The van der Waals surface area contributed by atoms with E-state index in [1.807, 2.05) is 0 Å². The van der Waals surface area contributed by atoms with Gasteiger partial charge in [-0.05, 0) is 44.2 Å². The van der Waals surface area contributed by atoms with Gasteiger partial charge in [0, 0.05) is 5.02 Å². The highest BCUT2D eigenvalue weighted by Crippen LogP contribution is 2.31. The molecule has 10 heteroatoms. The summed E-state index contributed by atoms with van der Waals surface area (Å²) in [6.07, 6.45) is -0.775. The number of benzene rings is 2. The molecule has 1 aromatic heterocycles. The van der Waals surface area contributed by atoms with Gasteiger partial charge in [-0.1, -0.05) is 52.6 Å². The molecule has 0 bridgehead atoms. The number of hydrogen-bond acceptors (Lipinski definition) is 5. The van der Waals surface area contributed by atoms with Gasteiger partial charge in [0.05, 0.1) is 44.5 Å². The first kappa shape index (κ1) is 22.9. The first-order valence-electron chi connectivity index (χ1n) is 8.97. The van der Waals surface area contributed by atoms with E-state index in [1.54, 1.807) is 50.2 Å². The van der Waals surface area contributed by atoms with E-state index in [1.165, 1.54) is 4.57 Å². The summed E-state index contributed by atoms with van der Waals surface area (Å²) in [6, 6.07) is 9.73. The summed E-state index contributed by atoms with van der Waals surface area (Å²) in [7, 11) is 0. The molecular formula is C20H18Cl3N3O3S. The predicted molar refractivity (Wildman–Crippen MR) is 123 cm³/mol. The maximum Gasteiger partial charge on any atom is 0.262 e. The molecule has 3 aromatic rings. The van der Waals surface area contributed by atoms with Gasteiger partial charge < -0.3 is 10.4 Å². The van der Waals surface area contributed by atoms with Crippen LogP contribution in [0.5, 0.6) is 0 Å². The second-order valence-corrected chi connectivity index (χ2v) is 9.20. The average Bonchev–Trinajstić information content (AvgIpc) is 2.68. The third kappa shape index (κ3) is 5.10. The fourth-order valence-electron chi connectivity index (χ4n) is 2.74. The third-order valence-corrected chi connectivity index (χ3v) is 6.33. The number of fused-ring (bicyclic) bond motifs is 1. The molecule has 0 saturated heterocycles. The Morgan fingerprint density at radius 2 is 1.97 bits per heavy atom. The lowest BCUT2D eigenvalue weighted by molar-refractivity contribution is -0.115. The molecule has 2 aromatic carbocycles. The maximum atomic E-state index is 12.9. The largest absolute Gasteiger partial charge is 0.392 e. The van der Waals surface area contributed by atoms with E-state index in [2.05, 4.69) is 10.3 Å². The number of carbonyl (C=O) groups excluding carboxylic acids is 1. The van der Waals surface area contributed by atoms with Gasteiger partial charge in [-0.25, -0.2) is 4.98 Å². The number of rotatable bonds is 6. The van der Waals surface area contributed by atoms with Crippen molar-refractivity contribution in [1.29, 1.82) is 0 Å². The quantitative estimate of drug-likeness (QED) is 0.384. The number of thioether (sulfide) groups is 1. The second kappa shape index (κ2) is 9.58. The van der Waals surface area contributed by atoms with Crippen molar-refractivity contribution >= 4 is 69.1 Å².